The summed E-state index contributed by atoms with van der Waals surface area (Å²) in [6.45, 7) is 7.47. The molecule has 1 saturated heterocycles. The van der Waals surface area contributed by atoms with Gasteiger partial charge in [-0.2, -0.15) is 0 Å². The van der Waals surface area contributed by atoms with Crippen LogP contribution in [0.15, 0.2) is 0 Å². The van der Waals surface area contributed by atoms with Crippen molar-refractivity contribution in [2.45, 2.75) is 97.1 Å². The summed E-state index contributed by atoms with van der Waals surface area (Å²) < 4.78 is 0. The first-order chi connectivity index (χ1) is 14.0. The van der Waals surface area contributed by atoms with Crippen LogP contribution in [0.2, 0.25) is 0 Å². The lowest BCUT2D eigenvalue weighted by atomic mass is 9.39. The summed E-state index contributed by atoms with van der Waals surface area (Å²) in [5, 5.41) is 23.3. The predicted molar refractivity (Wildman–Crippen MR) is 114 cm³/mol. The molecule has 0 unspecified atom stereocenters. The number of ketones is 1. The minimum atomic E-state index is -0.839. The first-order valence-corrected chi connectivity index (χ1v) is 12.2. The van der Waals surface area contributed by atoms with E-state index in [1.165, 1.54) is 12.8 Å². The highest BCUT2D eigenvalue weighted by atomic mass is 16.4. The molecule has 4 aliphatic carbocycles. The fraction of sp³-hybridized carbons (Fsp3) is 0.920. The van der Waals surface area contributed by atoms with Crippen molar-refractivity contribution in [3.05, 3.63) is 0 Å². The molecule has 0 amide bonds. The molecule has 0 radical (unpaired) electrons. The van der Waals surface area contributed by atoms with E-state index in [9.17, 15) is 19.8 Å². The van der Waals surface area contributed by atoms with Gasteiger partial charge >= 0.3 is 5.97 Å². The molecule has 0 aromatic rings. The highest BCUT2D eigenvalue weighted by Crippen LogP contribution is 2.73. The van der Waals surface area contributed by atoms with E-state index in [1.807, 2.05) is 0 Å². The third-order valence-electron chi connectivity index (χ3n) is 11.0. The van der Waals surface area contributed by atoms with Gasteiger partial charge in [-0.05, 0) is 85.9 Å². The number of carboxylic acids is 1. The van der Waals surface area contributed by atoms with Crippen molar-refractivity contribution in [1.82, 2.24) is 5.32 Å². The van der Waals surface area contributed by atoms with Gasteiger partial charge in [0.15, 0.2) is 0 Å². The number of carbonyl (C=O) groups is 2. The number of nitrogens with one attached hydrogen (secondary N) is 1. The van der Waals surface area contributed by atoms with Crippen LogP contribution in [-0.2, 0) is 9.59 Å². The molecule has 5 heteroatoms. The maximum Gasteiger partial charge on any atom is 0.320 e. The fourth-order valence-electron chi connectivity index (χ4n) is 9.62. The van der Waals surface area contributed by atoms with Gasteiger partial charge < -0.3 is 15.5 Å². The van der Waals surface area contributed by atoms with Crippen molar-refractivity contribution in [3.63, 3.8) is 0 Å². The lowest BCUT2D eigenvalue weighted by molar-refractivity contribution is -0.171. The molecule has 168 valence electrons. The number of carboxylic acid groups (broad SMARTS) is 1. The second kappa shape index (κ2) is 6.54. The van der Waals surface area contributed by atoms with Gasteiger partial charge in [0.25, 0.3) is 0 Å². The molecule has 1 heterocycles. The number of hydrogen-bond acceptors (Lipinski definition) is 4. The molecule has 30 heavy (non-hydrogen) atoms. The third kappa shape index (κ3) is 2.66. The molecule has 1 aliphatic heterocycles. The molecule has 3 N–H and O–H groups in total. The maximum atomic E-state index is 13.8. The van der Waals surface area contributed by atoms with Crippen molar-refractivity contribution in [1.29, 1.82) is 0 Å². The lowest BCUT2D eigenvalue weighted by Gasteiger charge is -2.64. The zero-order chi connectivity index (χ0) is 21.5. The number of rotatable bonds is 3. The van der Waals surface area contributed by atoms with Crippen molar-refractivity contribution in [2.75, 3.05) is 6.54 Å². The van der Waals surface area contributed by atoms with Gasteiger partial charge in [-0.15, -0.1) is 0 Å². The highest BCUT2D eigenvalue weighted by molar-refractivity contribution is 5.89. The Hall–Kier alpha value is -0.940. The molecule has 5 rings (SSSR count). The number of carbonyl (C=O) groups excluding carboxylic acids is 1. The molecule has 9 atom stereocenters. The van der Waals surface area contributed by atoms with Crippen molar-refractivity contribution < 1.29 is 19.8 Å². The van der Waals surface area contributed by atoms with Crippen LogP contribution in [0.4, 0.5) is 0 Å². The Morgan fingerprint density at radius 3 is 2.43 bits per heavy atom. The molecule has 0 aromatic heterocycles. The van der Waals surface area contributed by atoms with Crippen LogP contribution in [0, 0.1) is 39.4 Å². The minimum absolute atomic E-state index is 0.0921. The Labute approximate surface area is 180 Å². The quantitative estimate of drug-likeness (QED) is 0.650. The Balaban J connectivity index is 1.43. The second-order valence-corrected chi connectivity index (χ2v) is 12.5. The topological polar surface area (TPSA) is 86.6 Å². The van der Waals surface area contributed by atoms with E-state index in [2.05, 4.69) is 26.1 Å². The third-order valence-corrected chi connectivity index (χ3v) is 11.0. The van der Waals surface area contributed by atoms with E-state index in [-0.39, 0.29) is 33.7 Å². The molecule has 1 spiro atoms. The predicted octanol–water partition coefficient (Wildman–Crippen LogP) is 3.78. The zero-order valence-electron chi connectivity index (χ0n) is 18.9. The molecule has 5 nitrogen and oxygen atoms in total. The minimum Gasteiger partial charge on any atom is -0.480 e. The summed E-state index contributed by atoms with van der Waals surface area (Å²) in [7, 11) is 0. The van der Waals surface area contributed by atoms with Gasteiger partial charge in [0.05, 0.1) is 6.10 Å². The lowest BCUT2D eigenvalue weighted by Crippen LogP contribution is -2.59. The van der Waals surface area contributed by atoms with Crippen LogP contribution in [0.3, 0.4) is 0 Å². The van der Waals surface area contributed by atoms with Crippen LogP contribution < -0.4 is 5.32 Å². The van der Waals surface area contributed by atoms with Crippen molar-refractivity contribution in [3.8, 4) is 0 Å². The zero-order valence-corrected chi connectivity index (χ0v) is 18.9. The van der Waals surface area contributed by atoms with Gasteiger partial charge in [0.2, 0.25) is 0 Å². The van der Waals surface area contributed by atoms with Crippen LogP contribution in [0.25, 0.3) is 0 Å². The highest BCUT2D eigenvalue weighted by Gasteiger charge is 2.68. The molecule has 2 bridgehead atoms. The van der Waals surface area contributed by atoms with Gasteiger partial charge in [0, 0.05) is 17.9 Å². The Bertz CT molecular complexity index is 768. The van der Waals surface area contributed by atoms with Gasteiger partial charge in [-0.3, -0.25) is 9.59 Å². The van der Waals surface area contributed by atoms with Crippen molar-refractivity contribution in [2.24, 2.45) is 39.4 Å². The molecule has 5 aliphatic rings. The number of Topliss-reactive ketones (excluding diaryl/α,β-unsaturated/α-hetero) is 1. The fourth-order valence-corrected chi connectivity index (χ4v) is 9.62. The number of aliphatic carboxylic acids is 1. The summed E-state index contributed by atoms with van der Waals surface area (Å²) in [5.41, 5.74) is 0.175. The first-order valence-electron chi connectivity index (χ1n) is 12.2. The van der Waals surface area contributed by atoms with E-state index < -0.39 is 12.0 Å². The van der Waals surface area contributed by atoms with Crippen LogP contribution >= 0.6 is 0 Å². The molecule has 5 fully saturated rings. The summed E-state index contributed by atoms with van der Waals surface area (Å²) in [5.74, 6) is 0.298. The molecule has 4 saturated carbocycles. The number of aliphatic hydroxyl groups is 1. The van der Waals surface area contributed by atoms with E-state index in [4.69, 9.17) is 0 Å². The average Bonchev–Trinajstić information content (AvgIpc) is 3.22. The summed E-state index contributed by atoms with van der Waals surface area (Å²) in [4.78, 5) is 25.2. The van der Waals surface area contributed by atoms with Crippen molar-refractivity contribution >= 4 is 11.8 Å². The number of hydrogen-bond donors (Lipinski definition) is 3. The van der Waals surface area contributed by atoms with E-state index >= 15 is 0 Å². The molecular formula is C25H39NO4. The van der Waals surface area contributed by atoms with Crippen LogP contribution in [0.5, 0.6) is 0 Å². The van der Waals surface area contributed by atoms with Gasteiger partial charge in [0.1, 0.15) is 11.8 Å². The summed E-state index contributed by atoms with van der Waals surface area (Å²) in [6.07, 6.45) is 10.1. The number of aliphatic hydroxyl groups excluding tert-OH is 1. The Morgan fingerprint density at radius 2 is 1.73 bits per heavy atom. The summed E-state index contributed by atoms with van der Waals surface area (Å²) in [6, 6.07) is -0.580. The maximum absolute atomic E-state index is 13.8. The van der Waals surface area contributed by atoms with Gasteiger partial charge in [-0.25, -0.2) is 0 Å². The average molecular weight is 418 g/mol. The largest absolute Gasteiger partial charge is 0.480 e. The standard InChI is InChI=1S/C25H39NO4/c1-22-9-5-18-23(2)7-4-8-24(3,20(28)15-11-16(21(29)30)26-13-15)17(23)6-10-25(18,14-22)12-19(22)27/h15-19,26-27H,4-14H2,1-3H3,(H,29,30)/t15-,16+,17+,18+,19-,22+,23-,24-,25+/m1/s1. The first kappa shape index (κ1) is 20.9. The monoisotopic (exact) mass is 417 g/mol. The SMILES string of the molecule is C[C@@]12CC[C@@H]3[C@@](CC[C@H]4[C@@]3(C)CCC[C@@]4(C)C(=O)[C@H]3CN[C@H](C(=O)O)C3)(C[C@H]1O)C2. The second-order valence-electron chi connectivity index (χ2n) is 12.5. The van der Waals surface area contributed by atoms with E-state index in [0.29, 0.717) is 30.6 Å². The normalized spacial score (nSPS) is 55.0. The van der Waals surface area contributed by atoms with Crippen LogP contribution in [0.1, 0.15) is 85.0 Å². The smallest absolute Gasteiger partial charge is 0.320 e. The molecular weight excluding hydrogens is 378 g/mol. The van der Waals surface area contributed by atoms with E-state index in [0.717, 1.165) is 44.9 Å². The summed E-state index contributed by atoms with van der Waals surface area (Å²) >= 11 is 0. The Morgan fingerprint density at radius 1 is 1.00 bits per heavy atom. The number of fused-ring (bicyclic) bond motifs is 3. The molecule has 0 aromatic carbocycles. The van der Waals surface area contributed by atoms with Crippen LogP contribution in [-0.4, -0.2) is 40.7 Å². The van der Waals surface area contributed by atoms with E-state index in [1.54, 1.807) is 0 Å². The Kier molecular flexibility index (Phi) is 4.56. The van der Waals surface area contributed by atoms with Gasteiger partial charge in [-0.1, -0.05) is 27.2 Å².